The molecule has 1 amide bonds. The Labute approximate surface area is 115 Å². The van der Waals surface area contributed by atoms with E-state index in [2.05, 4.69) is 15.5 Å². The van der Waals surface area contributed by atoms with Gasteiger partial charge in [0.05, 0.1) is 0 Å². The molecule has 3 heterocycles. The summed E-state index contributed by atoms with van der Waals surface area (Å²) >= 11 is 1.43. The molecule has 0 aliphatic carbocycles. The fourth-order valence-corrected chi connectivity index (χ4v) is 3.53. The van der Waals surface area contributed by atoms with Gasteiger partial charge in [0.2, 0.25) is 4.96 Å². The molecule has 0 unspecified atom stereocenters. The summed E-state index contributed by atoms with van der Waals surface area (Å²) in [6.45, 7) is 7.32. The number of nitrogens with zero attached hydrogens (tertiary/aromatic N) is 4. The van der Waals surface area contributed by atoms with Gasteiger partial charge < -0.3 is 10.2 Å². The molecule has 0 saturated carbocycles. The molecule has 1 aliphatic heterocycles. The van der Waals surface area contributed by atoms with Gasteiger partial charge in [-0.15, -0.1) is 10.2 Å². The zero-order chi connectivity index (χ0) is 13.4. The quantitative estimate of drug-likeness (QED) is 0.840. The molecular weight excluding hydrogens is 262 g/mol. The van der Waals surface area contributed by atoms with Crippen LogP contribution in [0.1, 0.15) is 27.6 Å². The van der Waals surface area contributed by atoms with Crippen LogP contribution >= 0.6 is 11.3 Å². The van der Waals surface area contributed by atoms with Crippen molar-refractivity contribution in [3.8, 4) is 0 Å². The minimum absolute atomic E-state index is 0.121. The largest absolute Gasteiger partial charge is 0.337 e. The van der Waals surface area contributed by atoms with Crippen molar-refractivity contribution in [3.05, 3.63) is 16.4 Å². The highest BCUT2D eigenvalue weighted by Gasteiger charge is 2.23. The predicted molar refractivity (Wildman–Crippen MR) is 73.7 cm³/mol. The molecule has 3 rings (SSSR count). The van der Waals surface area contributed by atoms with Gasteiger partial charge >= 0.3 is 0 Å². The molecule has 1 fully saturated rings. The normalized spacial score (nSPS) is 16.8. The summed E-state index contributed by atoms with van der Waals surface area (Å²) in [7, 11) is 0. The Morgan fingerprint density at radius 2 is 2.11 bits per heavy atom. The highest BCUT2D eigenvalue weighted by atomic mass is 32.1. The van der Waals surface area contributed by atoms with Crippen molar-refractivity contribution in [1.29, 1.82) is 0 Å². The van der Waals surface area contributed by atoms with Crippen molar-refractivity contribution in [3.63, 3.8) is 0 Å². The third-order valence-corrected chi connectivity index (χ3v) is 4.60. The molecular formula is C12H17N5OS. The van der Waals surface area contributed by atoms with Crippen molar-refractivity contribution in [1.82, 2.24) is 24.8 Å². The molecule has 0 spiro atoms. The summed E-state index contributed by atoms with van der Waals surface area (Å²) in [6, 6.07) is 0. The van der Waals surface area contributed by atoms with Crippen LogP contribution in [0.4, 0.5) is 0 Å². The summed E-state index contributed by atoms with van der Waals surface area (Å²) in [5.41, 5.74) is 0.949. The second-order valence-corrected chi connectivity index (χ2v) is 5.76. The number of amides is 1. The average molecular weight is 279 g/mol. The number of rotatable bonds is 1. The van der Waals surface area contributed by atoms with E-state index in [0.717, 1.165) is 54.0 Å². The van der Waals surface area contributed by atoms with Gasteiger partial charge in [0.25, 0.3) is 5.91 Å². The molecule has 0 atom stereocenters. The Balaban J connectivity index is 1.94. The van der Waals surface area contributed by atoms with E-state index in [4.69, 9.17) is 0 Å². The summed E-state index contributed by atoms with van der Waals surface area (Å²) < 4.78 is 1.95. The van der Waals surface area contributed by atoms with Crippen LogP contribution in [0, 0.1) is 13.8 Å². The van der Waals surface area contributed by atoms with Crippen LogP contribution < -0.4 is 5.32 Å². The van der Waals surface area contributed by atoms with Gasteiger partial charge in [-0.05, 0) is 26.8 Å². The van der Waals surface area contributed by atoms with E-state index < -0.39 is 0 Å². The average Bonchev–Trinajstić information content (AvgIpc) is 2.78. The lowest BCUT2D eigenvalue weighted by Gasteiger charge is -2.19. The number of fused-ring (bicyclic) bond motifs is 1. The fraction of sp³-hybridized carbons (Fsp3) is 0.583. The number of aromatic nitrogens is 3. The maximum absolute atomic E-state index is 12.6. The van der Waals surface area contributed by atoms with Gasteiger partial charge in [-0.1, -0.05) is 11.3 Å². The van der Waals surface area contributed by atoms with Crippen LogP contribution in [0.3, 0.4) is 0 Å². The van der Waals surface area contributed by atoms with Crippen molar-refractivity contribution in [2.45, 2.75) is 20.3 Å². The smallest absolute Gasteiger partial charge is 0.265 e. The highest BCUT2D eigenvalue weighted by Crippen LogP contribution is 2.24. The van der Waals surface area contributed by atoms with Gasteiger partial charge in [-0.3, -0.25) is 9.20 Å². The summed E-state index contributed by atoms with van der Waals surface area (Å²) in [4.78, 5) is 16.1. The third kappa shape index (κ3) is 2.12. The lowest BCUT2D eigenvalue weighted by Crippen LogP contribution is -2.34. The van der Waals surface area contributed by atoms with Crippen LogP contribution in [-0.2, 0) is 0 Å². The van der Waals surface area contributed by atoms with Crippen LogP contribution in [0.5, 0.6) is 0 Å². The van der Waals surface area contributed by atoms with E-state index >= 15 is 0 Å². The number of hydrogen-bond donors (Lipinski definition) is 1. The molecule has 2 aromatic rings. The predicted octanol–water partition coefficient (Wildman–Crippen LogP) is 0.843. The molecule has 0 radical (unpaired) electrons. The fourth-order valence-electron chi connectivity index (χ4n) is 2.45. The molecule has 2 aromatic heterocycles. The highest BCUT2D eigenvalue weighted by molar-refractivity contribution is 7.19. The Morgan fingerprint density at radius 3 is 2.89 bits per heavy atom. The molecule has 1 saturated heterocycles. The minimum Gasteiger partial charge on any atom is -0.337 e. The first-order chi connectivity index (χ1) is 9.18. The summed E-state index contributed by atoms with van der Waals surface area (Å²) in [6.07, 6.45) is 1.01. The number of hydrogen-bond acceptors (Lipinski definition) is 5. The first-order valence-electron chi connectivity index (χ1n) is 6.49. The maximum atomic E-state index is 12.6. The van der Waals surface area contributed by atoms with E-state index in [1.54, 1.807) is 0 Å². The Hall–Kier alpha value is -1.47. The summed E-state index contributed by atoms with van der Waals surface area (Å²) in [5, 5.41) is 11.4. The standard InChI is InChI=1S/C12H17N5OS/c1-8-10(19-12-15-14-9(2)17(8)12)11(18)16-6-3-4-13-5-7-16/h13H,3-7H2,1-2H3. The molecule has 6 nitrogen and oxygen atoms in total. The molecule has 1 N–H and O–H groups in total. The van der Waals surface area contributed by atoms with Crippen molar-refractivity contribution < 1.29 is 4.79 Å². The van der Waals surface area contributed by atoms with Crippen LogP contribution in [0.15, 0.2) is 0 Å². The third-order valence-electron chi connectivity index (χ3n) is 3.47. The van der Waals surface area contributed by atoms with Gasteiger partial charge in [0.1, 0.15) is 10.7 Å². The first kappa shape index (κ1) is 12.6. The number of nitrogens with one attached hydrogen (secondary N) is 1. The Bertz CT molecular complexity index is 609. The number of carbonyl (C=O) groups is 1. The lowest BCUT2D eigenvalue weighted by molar-refractivity contribution is 0.0770. The molecule has 7 heteroatoms. The minimum atomic E-state index is 0.121. The van der Waals surface area contributed by atoms with Crippen LogP contribution in [0.2, 0.25) is 0 Å². The molecule has 0 bridgehead atoms. The van der Waals surface area contributed by atoms with E-state index in [0.29, 0.717) is 0 Å². The molecule has 19 heavy (non-hydrogen) atoms. The van der Waals surface area contributed by atoms with Crippen LogP contribution in [0.25, 0.3) is 4.96 Å². The lowest BCUT2D eigenvalue weighted by atomic mass is 10.3. The van der Waals surface area contributed by atoms with Crippen molar-refractivity contribution in [2.75, 3.05) is 26.2 Å². The van der Waals surface area contributed by atoms with Gasteiger partial charge in [0.15, 0.2) is 0 Å². The number of aryl methyl sites for hydroxylation is 2. The van der Waals surface area contributed by atoms with Gasteiger partial charge in [-0.2, -0.15) is 0 Å². The second kappa shape index (κ2) is 4.90. The molecule has 0 aromatic carbocycles. The van der Waals surface area contributed by atoms with Crippen LogP contribution in [-0.4, -0.2) is 51.6 Å². The van der Waals surface area contributed by atoms with Crippen molar-refractivity contribution >= 4 is 22.2 Å². The second-order valence-electron chi connectivity index (χ2n) is 4.78. The Morgan fingerprint density at radius 1 is 1.26 bits per heavy atom. The van der Waals surface area contributed by atoms with E-state index in [9.17, 15) is 4.79 Å². The number of thiazole rings is 1. The van der Waals surface area contributed by atoms with Gasteiger partial charge in [0, 0.05) is 25.3 Å². The van der Waals surface area contributed by atoms with E-state index in [-0.39, 0.29) is 5.91 Å². The number of carbonyl (C=O) groups excluding carboxylic acids is 1. The topological polar surface area (TPSA) is 62.5 Å². The molecule has 1 aliphatic rings. The maximum Gasteiger partial charge on any atom is 0.265 e. The Kier molecular flexibility index (Phi) is 3.24. The van der Waals surface area contributed by atoms with Gasteiger partial charge in [-0.25, -0.2) is 0 Å². The molecule has 102 valence electrons. The monoisotopic (exact) mass is 279 g/mol. The van der Waals surface area contributed by atoms with E-state index in [1.807, 2.05) is 23.1 Å². The zero-order valence-corrected chi connectivity index (χ0v) is 12.0. The first-order valence-corrected chi connectivity index (χ1v) is 7.31. The zero-order valence-electron chi connectivity index (χ0n) is 11.1. The summed E-state index contributed by atoms with van der Waals surface area (Å²) in [5.74, 6) is 0.955. The SMILES string of the molecule is Cc1nnc2sc(C(=O)N3CCCNCC3)c(C)n12. The van der Waals surface area contributed by atoms with E-state index in [1.165, 1.54) is 11.3 Å². The van der Waals surface area contributed by atoms with Crippen molar-refractivity contribution in [2.24, 2.45) is 0 Å².